The number of anilines is 2. The number of carbonyl (C=O) groups excluding carboxylic acids is 1. The number of rotatable bonds is 5. The van der Waals surface area contributed by atoms with E-state index in [-0.39, 0.29) is 17.8 Å². The van der Waals surface area contributed by atoms with Crippen LogP contribution in [0, 0.1) is 5.92 Å². The second kappa shape index (κ2) is 5.32. The van der Waals surface area contributed by atoms with Crippen LogP contribution in [-0.2, 0) is 14.3 Å². The maximum Gasteiger partial charge on any atom is 0.309 e. The summed E-state index contributed by atoms with van der Waals surface area (Å²) in [5.41, 5.74) is 8.78. The van der Waals surface area contributed by atoms with Gasteiger partial charge in [-0.15, -0.1) is 0 Å². The molecule has 2 aliphatic rings. The zero-order valence-corrected chi connectivity index (χ0v) is 11.6. The Kier molecular flexibility index (Phi) is 3.53. The summed E-state index contributed by atoms with van der Waals surface area (Å²) < 4.78 is 10.2. The molecule has 0 bridgehead atoms. The summed E-state index contributed by atoms with van der Waals surface area (Å²) in [5.74, 6) is 0.152. The zero-order valence-electron chi connectivity index (χ0n) is 11.6. The van der Waals surface area contributed by atoms with Gasteiger partial charge in [0.2, 0.25) is 0 Å². The van der Waals surface area contributed by atoms with E-state index in [1.807, 2.05) is 18.2 Å². The van der Waals surface area contributed by atoms with Gasteiger partial charge in [0, 0.05) is 13.2 Å². The molecule has 3 atom stereocenters. The van der Waals surface area contributed by atoms with Gasteiger partial charge in [0.1, 0.15) is 0 Å². The van der Waals surface area contributed by atoms with Gasteiger partial charge in [-0.2, -0.15) is 0 Å². The van der Waals surface area contributed by atoms with E-state index in [4.69, 9.17) is 15.2 Å². The highest BCUT2D eigenvalue weighted by Crippen LogP contribution is 2.48. The van der Waals surface area contributed by atoms with Gasteiger partial charge in [0.25, 0.3) is 0 Å². The van der Waals surface area contributed by atoms with Crippen molar-refractivity contribution in [3.05, 3.63) is 23.8 Å². The molecule has 1 aliphatic carbocycles. The third-order valence-electron chi connectivity index (χ3n) is 4.11. The van der Waals surface area contributed by atoms with Crippen LogP contribution in [-0.4, -0.2) is 32.3 Å². The number of nitrogens with two attached hydrogens (primary N) is 1. The summed E-state index contributed by atoms with van der Waals surface area (Å²) in [4.78, 5) is 11.5. The van der Waals surface area contributed by atoms with Crippen molar-refractivity contribution in [2.75, 3.05) is 31.3 Å². The first-order chi connectivity index (χ1) is 9.69. The Balaban J connectivity index is 1.65. The third kappa shape index (κ3) is 2.58. The molecule has 5 heteroatoms. The minimum Gasteiger partial charge on any atom is -0.469 e. The first-order valence-corrected chi connectivity index (χ1v) is 7.01. The molecule has 5 nitrogen and oxygen atoms in total. The third-order valence-corrected chi connectivity index (χ3v) is 4.11. The fourth-order valence-corrected chi connectivity index (χ4v) is 2.60. The lowest BCUT2D eigenvalue weighted by atomic mass is 10.1. The molecule has 0 amide bonds. The number of ether oxygens (including phenoxy) is 2. The van der Waals surface area contributed by atoms with Gasteiger partial charge in [-0.05, 0) is 36.5 Å². The molecule has 0 spiro atoms. The fraction of sp³-hybridized carbons (Fsp3) is 0.533. The number of nitrogens with one attached hydrogen (secondary N) is 1. The normalized spacial score (nSPS) is 27.6. The summed E-state index contributed by atoms with van der Waals surface area (Å²) in [6, 6.07) is 5.93. The zero-order chi connectivity index (χ0) is 14.1. The maximum atomic E-state index is 11.5. The van der Waals surface area contributed by atoms with Crippen LogP contribution in [0.5, 0.6) is 0 Å². The molecule has 20 heavy (non-hydrogen) atoms. The molecule has 1 saturated heterocycles. The summed E-state index contributed by atoms with van der Waals surface area (Å²) in [6.45, 7) is 1.63. The molecule has 0 radical (unpaired) electrons. The number of methoxy groups -OCH3 is 1. The molecule has 0 aromatic heterocycles. The predicted molar refractivity (Wildman–Crippen MR) is 76.6 cm³/mol. The van der Waals surface area contributed by atoms with Gasteiger partial charge in [0.15, 0.2) is 0 Å². The van der Waals surface area contributed by atoms with E-state index in [0.717, 1.165) is 42.9 Å². The Morgan fingerprint density at radius 3 is 3.00 bits per heavy atom. The SMILES string of the molecule is COC(=O)C1CC1c1ccc(N)c(NC[C@@H]2CCO2)c1. The second-order valence-electron chi connectivity index (χ2n) is 5.48. The summed E-state index contributed by atoms with van der Waals surface area (Å²) in [5, 5.41) is 3.33. The summed E-state index contributed by atoms with van der Waals surface area (Å²) in [7, 11) is 1.44. The van der Waals surface area contributed by atoms with E-state index in [9.17, 15) is 4.79 Å². The Bertz CT molecular complexity index is 514. The Morgan fingerprint density at radius 1 is 1.55 bits per heavy atom. The van der Waals surface area contributed by atoms with Gasteiger partial charge in [0.05, 0.1) is 30.5 Å². The second-order valence-corrected chi connectivity index (χ2v) is 5.48. The van der Waals surface area contributed by atoms with Crippen LogP contribution in [0.2, 0.25) is 0 Å². The van der Waals surface area contributed by atoms with Crippen molar-refractivity contribution in [3.63, 3.8) is 0 Å². The average Bonchev–Trinajstić information content (AvgIpc) is 3.18. The first-order valence-electron chi connectivity index (χ1n) is 7.01. The first kappa shape index (κ1) is 13.2. The summed E-state index contributed by atoms with van der Waals surface area (Å²) >= 11 is 0. The largest absolute Gasteiger partial charge is 0.469 e. The minimum atomic E-state index is -0.121. The Morgan fingerprint density at radius 2 is 2.35 bits per heavy atom. The highest BCUT2D eigenvalue weighted by molar-refractivity contribution is 5.78. The maximum absolute atomic E-state index is 11.5. The molecule has 108 valence electrons. The van der Waals surface area contributed by atoms with Crippen LogP contribution in [0.1, 0.15) is 24.3 Å². The minimum absolute atomic E-state index is 0.00596. The molecule has 2 unspecified atom stereocenters. The molecule has 3 N–H and O–H groups in total. The van der Waals surface area contributed by atoms with Crippen molar-refractivity contribution in [3.8, 4) is 0 Å². The van der Waals surface area contributed by atoms with E-state index in [1.165, 1.54) is 7.11 Å². The van der Waals surface area contributed by atoms with E-state index in [1.54, 1.807) is 0 Å². The van der Waals surface area contributed by atoms with Crippen molar-refractivity contribution >= 4 is 17.3 Å². The van der Waals surface area contributed by atoms with Crippen molar-refractivity contribution in [1.82, 2.24) is 0 Å². The molecule has 1 aromatic rings. The Labute approximate surface area is 118 Å². The number of hydrogen-bond acceptors (Lipinski definition) is 5. The molecular weight excluding hydrogens is 256 g/mol. The fourth-order valence-electron chi connectivity index (χ4n) is 2.60. The van der Waals surface area contributed by atoms with Gasteiger partial charge < -0.3 is 20.5 Å². The van der Waals surface area contributed by atoms with Gasteiger partial charge >= 0.3 is 5.97 Å². The molecule has 1 aromatic carbocycles. The molecule has 2 fully saturated rings. The lowest BCUT2D eigenvalue weighted by molar-refractivity contribution is -0.142. The van der Waals surface area contributed by atoms with Crippen LogP contribution in [0.25, 0.3) is 0 Å². The van der Waals surface area contributed by atoms with Crippen LogP contribution in [0.15, 0.2) is 18.2 Å². The van der Waals surface area contributed by atoms with Crippen LogP contribution < -0.4 is 11.1 Å². The predicted octanol–water partition coefficient (Wildman–Crippen LogP) is 1.75. The monoisotopic (exact) mass is 276 g/mol. The number of carbonyl (C=O) groups is 1. The van der Waals surface area contributed by atoms with Crippen molar-refractivity contribution < 1.29 is 14.3 Å². The highest BCUT2D eigenvalue weighted by atomic mass is 16.5. The van der Waals surface area contributed by atoms with Gasteiger partial charge in [-0.1, -0.05) is 6.07 Å². The van der Waals surface area contributed by atoms with Crippen molar-refractivity contribution in [2.45, 2.75) is 24.9 Å². The molecule has 1 saturated carbocycles. The average molecular weight is 276 g/mol. The highest BCUT2D eigenvalue weighted by Gasteiger charge is 2.45. The van der Waals surface area contributed by atoms with E-state index in [2.05, 4.69) is 5.32 Å². The van der Waals surface area contributed by atoms with Crippen LogP contribution >= 0.6 is 0 Å². The lowest BCUT2D eigenvalue weighted by Gasteiger charge is -2.27. The standard InChI is InChI=1S/C15H20N2O3/c1-19-15(18)12-7-11(12)9-2-3-13(16)14(6-9)17-8-10-4-5-20-10/h2-3,6,10-12,17H,4-5,7-8,16H2,1H3/t10-,11?,12?/m0/s1. The molecule has 1 heterocycles. The number of hydrogen-bond donors (Lipinski definition) is 2. The number of esters is 1. The molecule has 3 rings (SSSR count). The number of nitrogen functional groups attached to an aromatic ring is 1. The van der Waals surface area contributed by atoms with Crippen molar-refractivity contribution in [1.29, 1.82) is 0 Å². The molecular formula is C15H20N2O3. The van der Waals surface area contributed by atoms with Gasteiger partial charge in [-0.25, -0.2) is 0 Å². The van der Waals surface area contributed by atoms with Crippen LogP contribution in [0.4, 0.5) is 11.4 Å². The Hall–Kier alpha value is -1.75. The lowest BCUT2D eigenvalue weighted by Crippen LogP contribution is -2.33. The van der Waals surface area contributed by atoms with Crippen LogP contribution in [0.3, 0.4) is 0 Å². The van der Waals surface area contributed by atoms with E-state index < -0.39 is 0 Å². The summed E-state index contributed by atoms with van der Waals surface area (Å²) in [6.07, 6.45) is 2.25. The van der Waals surface area contributed by atoms with E-state index >= 15 is 0 Å². The number of benzene rings is 1. The quantitative estimate of drug-likeness (QED) is 0.633. The van der Waals surface area contributed by atoms with Gasteiger partial charge in [-0.3, -0.25) is 4.79 Å². The van der Waals surface area contributed by atoms with Crippen molar-refractivity contribution in [2.24, 2.45) is 5.92 Å². The topological polar surface area (TPSA) is 73.6 Å². The van der Waals surface area contributed by atoms with E-state index in [0.29, 0.717) is 6.10 Å². The molecule has 1 aliphatic heterocycles. The smallest absolute Gasteiger partial charge is 0.309 e.